The van der Waals surface area contributed by atoms with Gasteiger partial charge in [-0.1, -0.05) is 369 Å². The summed E-state index contributed by atoms with van der Waals surface area (Å²) in [6.45, 7) is 2.35. The highest BCUT2D eigenvalue weighted by molar-refractivity contribution is 7.47. The molecule has 0 bridgehead atoms. The summed E-state index contributed by atoms with van der Waals surface area (Å²) < 4.78 is 61.5. The second-order valence-electron chi connectivity index (χ2n) is 30.0. The van der Waals surface area contributed by atoms with Crippen molar-refractivity contribution in [2.45, 2.75) is 373 Å². The van der Waals surface area contributed by atoms with E-state index >= 15 is 0 Å². The van der Waals surface area contributed by atoms with Crippen molar-refractivity contribution in [1.29, 1.82) is 0 Å². The van der Waals surface area contributed by atoms with Gasteiger partial charge in [-0.3, -0.25) is 32.5 Å². The van der Waals surface area contributed by atoms with Gasteiger partial charge in [-0.2, -0.15) is 0 Å². The van der Waals surface area contributed by atoms with Crippen molar-refractivity contribution in [2.24, 2.45) is 0 Å². The first kappa shape index (κ1) is 111. The van der Waals surface area contributed by atoms with Gasteiger partial charge >= 0.3 is 33.6 Å². The molecule has 0 aromatic carbocycles. The predicted molar refractivity (Wildman–Crippen MR) is 491 cm³/mol. The molecule has 0 saturated carbocycles. The van der Waals surface area contributed by atoms with E-state index in [0.717, 1.165) is 205 Å². The SMILES string of the molecule is CC/C=C\C/C=C\C/C=C\C/C=C\C/C=C\C/C=C\CCCCCCCCCCCCCCCCC(=O)OCC(O)COP(=O)(O)OCC(O)COP(=O)(O)OCC(COC(=O)CCCCCCCCCCC/C=C\C/C=C\C/C=C\C/C=C\C/C=C\CC)OC(=O)CCCCCCCCC/C=C\C/C=C\C/C=C\C/C=C\C/C=C\CC. The summed E-state index contributed by atoms with van der Waals surface area (Å²) in [6, 6.07) is 0. The molecule has 0 amide bonds. The number of rotatable bonds is 85. The number of unbranched alkanes of at least 4 members (excludes halogenated alkanes) is 30. The molecule has 18 heteroatoms. The monoisotopic (exact) mass is 1670 g/mol. The molecule has 5 atom stereocenters. The maximum absolute atomic E-state index is 13.1. The molecule has 117 heavy (non-hydrogen) atoms. The van der Waals surface area contributed by atoms with Crippen LogP contribution >= 0.6 is 15.6 Å². The van der Waals surface area contributed by atoms with E-state index in [1.807, 2.05) is 0 Å². The van der Waals surface area contributed by atoms with Crippen LogP contribution in [0.15, 0.2) is 194 Å². The Morgan fingerprint density at radius 2 is 0.427 bits per heavy atom. The summed E-state index contributed by atoms with van der Waals surface area (Å²) in [5.41, 5.74) is 0. The van der Waals surface area contributed by atoms with Gasteiger partial charge in [0, 0.05) is 19.3 Å². The molecule has 5 unspecified atom stereocenters. The fourth-order valence-electron chi connectivity index (χ4n) is 12.0. The van der Waals surface area contributed by atoms with Gasteiger partial charge in [-0.15, -0.1) is 0 Å². The summed E-state index contributed by atoms with van der Waals surface area (Å²) in [5, 5.41) is 20.7. The third kappa shape index (κ3) is 91.0. The average Bonchev–Trinajstić information content (AvgIpc) is 0.896. The molecular weight excluding hydrogens is 1510 g/mol. The molecule has 0 radical (unpaired) electrons. The van der Waals surface area contributed by atoms with E-state index in [1.165, 1.54) is 89.9 Å². The molecule has 666 valence electrons. The number of hydrogen-bond donors (Lipinski definition) is 4. The molecule has 0 heterocycles. The summed E-state index contributed by atoms with van der Waals surface area (Å²) in [5.74, 6) is -1.60. The van der Waals surface area contributed by atoms with E-state index in [0.29, 0.717) is 19.3 Å². The Morgan fingerprint density at radius 1 is 0.239 bits per heavy atom. The predicted octanol–water partition coefficient (Wildman–Crippen LogP) is 28.2. The Balaban J connectivity index is 4.61. The van der Waals surface area contributed by atoms with Crippen molar-refractivity contribution in [3.05, 3.63) is 194 Å². The summed E-state index contributed by atoms with van der Waals surface area (Å²) in [4.78, 5) is 59.0. The van der Waals surface area contributed by atoms with Gasteiger partial charge in [0.25, 0.3) is 0 Å². The molecule has 0 aliphatic heterocycles. The lowest BCUT2D eigenvalue weighted by Crippen LogP contribution is -2.30. The zero-order valence-corrected chi connectivity index (χ0v) is 75.1. The molecule has 4 N–H and O–H groups in total. The van der Waals surface area contributed by atoms with Crippen LogP contribution in [0, 0.1) is 0 Å². The quantitative estimate of drug-likeness (QED) is 0.0146. The van der Waals surface area contributed by atoms with Crippen LogP contribution in [0.2, 0.25) is 0 Å². The van der Waals surface area contributed by atoms with Gasteiger partial charge in [0.05, 0.1) is 26.4 Å². The van der Waals surface area contributed by atoms with Gasteiger partial charge < -0.3 is 34.2 Å². The van der Waals surface area contributed by atoms with Crippen LogP contribution in [0.3, 0.4) is 0 Å². The van der Waals surface area contributed by atoms with Crippen LogP contribution in [-0.4, -0.2) is 95.9 Å². The number of aliphatic hydroxyl groups excluding tert-OH is 2. The van der Waals surface area contributed by atoms with Gasteiger partial charge in [-0.25, -0.2) is 9.13 Å². The van der Waals surface area contributed by atoms with E-state index in [1.54, 1.807) is 0 Å². The standard InChI is InChI=1S/C99H164O16P2/c1-4-7-10-13-16-19-22-25-28-31-34-37-40-42-43-44-45-46-47-48-49-51-54-55-58-61-64-67-70-73-76-79-82-85-97(102)109-88-94(100)89-111-116(105,106)112-90-95(101)91-113-117(107,108)114-93-96(115-99(104)87-84-81-78-75-72-69-66-63-60-57-52-39-36-33-30-27-24-21-18-15-12-9-6-3)92-110-98(103)86-83-80-77-74-71-68-65-62-59-56-53-50-41-38-35-32-29-26-23-20-17-14-11-8-5-2/h7-12,16-21,25-30,34-39,42-43,45-46,50,53,57,60,94-96,100-101H,4-6,13-15,22-24,31-33,40-41,44,47-49,51-52,54-56,58-59,61-93H2,1-3H3,(H,105,106)(H,107,108)/b10-7-,11-8-,12-9-,19-16-,20-17-,21-18-,28-25-,29-26-,30-27-,37-34-,38-35-,39-36-,43-42-,46-45-,53-50-,60-57-. The first-order valence-electron chi connectivity index (χ1n) is 45.7. The number of carbonyl (C=O) groups is 3. The smallest absolute Gasteiger partial charge is 0.463 e. The van der Waals surface area contributed by atoms with Crippen LogP contribution in [0.25, 0.3) is 0 Å². The number of allylic oxidation sites excluding steroid dienone is 32. The van der Waals surface area contributed by atoms with Crippen molar-refractivity contribution < 1.29 is 75.8 Å². The fraction of sp³-hybridized carbons (Fsp3) is 0.646. The lowest BCUT2D eigenvalue weighted by Gasteiger charge is -2.21. The summed E-state index contributed by atoms with van der Waals surface area (Å²) in [6.07, 6.45) is 119. The van der Waals surface area contributed by atoms with Gasteiger partial charge in [0.15, 0.2) is 6.10 Å². The van der Waals surface area contributed by atoms with Gasteiger partial charge in [-0.05, 0) is 161 Å². The minimum Gasteiger partial charge on any atom is -0.463 e. The van der Waals surface area contributed by atoms with Crippen molar-refractivity contribution in [2.75, 3.05) is 39.6 Å². The Morgan fingerprint density at radius 3 is 0.675 bits per heavy atom. The highest BCUT2D eigenvalue weighted by atomic mass is 31.2. The molecule has 16 nitrogen and oxygen atoms in total. The number of carbonyl (C=O) groups excluding carboxylic acids is 3. The van der Waals surface area contributed by atoms with E-state index in [9.17, 15) is 43.5 Å². The van der Waals surface area contributed by atoms with Gasteiger partial charge in [0.1, 0.15) is 25.4 Å². The number of phosphoric ester groups is 2. The molecular formula is C99H164O16P2. The molecule has 0 aliphatic rings. The fourth-order valence-corrected chi connectivity index (χ4v) is 13.6. The second-order valence-corrected chi connectivity index (χ2v) is 32.9. The Bertz CT molecular complexity index is 2910. The zero-order chi connectivity index (χ0) is 85.1. The summed E-state index contributed by atoms with van der Waals surface area (Å²) in [7, 11) is -9.82. The number of aliphatic hydroxyl groups is 2. The number of phosphoric acid groups is 2. The Kier molecular flexibility index (Phi) is 85.3. The topological polar surface area (TPSA) is 231 Å². The van der Waals surface area contributed by atoms with Crippen molar-refractivity contribution >= 4 is 33.6 Å². The highest BCUT2D eigenvalue weighted by Crippen LogP contribution is 2.45. The first-order chi connectivity index (χ1) is 57.2. The average molecular weight is 1670 g/mol. The highest BCUT2D eigenvalue weighted by Gasteiger charge is 2.29. The van der Waals surface area contributed by atoms with Crippen LogP contribution in [0.5, 0.6) is 0 Å². The minimum atomic E-state index is -4.95. The number of esters is 3. The van der Waals surface area contributed by atoms with E-state index in [-0.39, 0.29) is 19.3 Å². The molecule has 0 aromatic heterocycles. The van der Waals surface area contributed by atoms with Gasteiger partial charge in [0.2, 0.25) is 0 Å². The molecule has 0 fully saturated rings. The molecule has 0 aliphatic carbocycles. The lowest BCUT2D eigenvalue weighted by molar-refractivity contribution is -0.161. The molecule has 0 saturated heterocycles. The first-order valence-corrected chi connectivity index (χ1v) is 48.7. The van der Waals surface area contributed by atoms with Crippen LogP contribution in [0.4, 0.5) is 0 Å². The zero-order valence-electron chi connectivity index (χ0n) is 73.3. The maximum Gasteiger partial charge on any atom is 0.472 e. The summed E-state index contributed by atoms with van der Waals surface area (Å²) >= 11 is 0. The molecule has 0 spiro atoms. The molecule has 0 aromatic rings. The third-order valence-corrected chi connectivity index (χ3v) is 20.7. The maximum atomic E-state index is 13.1. The van der Waals surface area contributed by atoms with Crippen LogP contribution in [-0.2, 0) is 55.8 Å². The van der Waals surface area contributed by atoms with Crippen molar-refractivity contribution in [3.8, 4) is 0 Å². The largest absolute Gasteiger partial charge is 0.472 e. The molecule has 0 rings (SSSR count). The van der Waals surface area contributed by atoms with E-state index in [4.69, 9.17) is 32.3 Å². The van der Waals surface area contributed by atoms with E-state index in [2.05, 4.69) is 215 Å². The lowest BCUT2D eigenvalue weighted by atomic mass is 10.0. The minimum absolute atomic E-state index is 0.0838. The Hall–Kier alpha value is -5.61. The second kappa shape index (κ2) is 89.6. The Labute approximate surface area is 712 Å². The van der Waals surface area contributed by atoms with Crippen molar-refractivity contribution in [1.82, 2.24) is 0 Å². The van der Waals surface area contributed by atoms with Crippen molar-refractivity contribution in [3.63, 3.8) is 0 Å². The van der Waals surface area contributed by atoms with Crippen LogP contribution in [0.1, 0.15) is 355 Å². The van der Waals surface area contributed by atoms with Crippen LogP contribution < -0.4 is 0 Å². The number of hydrogen-bond acceptors (Lipinski definition) is 14. The third-order valence-electron chi connectivity index (χ3n) is 18.8. The number of ether oxygens (including phenoxy) is 3. The normalized spacial score (nSPS) is 14.7. The van der Waals surface area contributed by atoms with E-state index < -0.39 is 91.5 Å².